The molecule has 0 saturated carbocycles. The number of halogens is 1. The summed E-state index contributed by atoms with van der Waals surface area (Å²) in [5, 5.41) is 3.71. The van der Waals surface area contributed by atoms with Crippen LogP contribution in [0.5, 0.6) is 0 Å². The van der Waals surface area contributed by atoms with Gasteiger partial charge in [-0.15, -0.1) is 11.3 Å². The van der Waals surface area contributed by atoms with Gasteiger partial charge in [-0.25, -0.2) is 4.98 Å². The monoisotopic (exact) mass is 433 g/mol. The minimum Gasteiger partial charge on any atom is -0.339 e. The highest BCUT2D eigenvalue weighted by molar-refractivity contribution is 9.10. The van der Waals surface area contributed by atoms with Crippen molar-refractivity contribution in [2.24, 2.45) is 5.92 Å². The first-order valence-electron chi connectivity index (χ1n) is 8.94. The molecule has 1 saturated heterocycles. The minimum absolute atomic E-state index is 0.0349. The fraction of sp³-hybridized carbons (Fsp3) is 0.421. The van der Waals surface area contributed by atoms with Crippen LogP contribution in [-0.2, 0) is 17.6 Å². The highest BCUT2D eigenvalue weighted by Crippen LogP contribution is 2.31. The molecule has 0 spiro atoms. The van der Waals surface area contributed by atoms with Crippen molar-refractivity contribution in [3.63, 3.8) is 0 Å². The van der Waals surface area contributed by atoms with E-state index >= 15 is 0 Å². The Kier molecular flexibility index (Phi) is 5.09. The molecule has 2 aliphatic rings. The second-order valence-electron chi connectivity index (χ2n) is 6.81. The number of fused-ring (bicyclic) bond motifs is 1. The molecule has 0 atom stereocenters. The van der Waals surface area contributed by atoms with Crippen LogP contribution in [0, 0.1) is 5.92 Å². The van der Waals surface area contributed by atoms with Gasteiger partial charge in [-0.2, -0.15) is 0 Å². The number of aryl methyl sites for hydroxylation is 2. The largest absolute Gasteiger partial charge is 0.339 e. The molecule has 1 aromatic carbocycles. The van der Waals surface area contributed by atoms with Crippen molar-refractivity contribution in [3.05, 3.63) is 44.9 Å². The molecule has 0 bridgehead atoms. The Morgan fingerprint density at radius 3 is 2.58 bits per heavy atom. The normalized spacial score (nSPS) is 17.2. The van der Waals surface area contributed by atoms with Gasteiger partial charge in [0.2, 0.25) is 5.91 Å². The van der Waals surface area contributed by atoms with Crippen molar-refractivity contribution in [1.29, 1.82) is 0 Å². The van der Waals surface area contributed by atoms with Crippen LogP contribution < -0.4 is 5.32 Å². The minimum atomic E-state index is -0.0530. The van der Waals surface area contributed by atoms with Crippen LogP contribution in [0.3, 0.4) is 0 Å². The van der Waals surface area contributed by atoms with Gasteiger partial charge in [-0.3, -0.25) is 9.59 Å². The number of nitrogens with one attached hydrogen (secondary N) is 1. The molecule has 4 rings (SSSR count). The zero-order chi connectivity index (χ0) is 18.1. The van der Waals surface area contributed by atoms with Gasteiger partial charge < -0.3 is 10.2 Å². The molecule has 2 amide bonds. The molecule has 26 heavy (non-hydrogen) atoms. The van der Waals surface area contributed by atoms with Gasteiger partial charge in [0.15, 0.2) is 5.13 Å². The van der Waals surface area contributed by atoms with Crippen molar-refractivity contribution < 1.29 is 9.59 Å². The summed E-state index contributed by atoms with van der Waals surface area (Å²) >= 11 is 4.99. The van der Waals surface area contributed by atoms with Crippen molar-refractivity contribution >= 4 is 44.2 Å². The number of amides is 2. The Morgan fingerprint density at radius 2 is 1.88 bits per heavy atom. The molecule has 0 radical (unpaired) electrons. The number of rotatable bonds is 3. The lowest BCUT2D eigenvalue weighted by molar-refractivity contribution is -0.121. The number of carbonyl (C=O) groups is 2. The summed E-state index contributed by atoms with van der Waals surface area (Å²) < 4.78 is 0.956. The van der Waals surface area contributed by atoms with Crippen molar-refractivity contribution in [2.75, 3.05) is 18.4 Å². The van der Waals surface area contributed by atoms with Crippen LogP contribution >= 0.6 is 27.3 Å². The summed E-state index contributed by atoms with van der Waals surface area (Å²) in [6.07, 6.45) is 4.67. The van der Waals surface area contributed by atoms with Crippen molar-refractivity contribution in [3.8, 4) is 0 Å². The first-order chi connectivity index (χ1) is 12.6. The molecule has 1 aliphatic heterocycles. The van der Waals surface area contributed by atoms with E-state index in [9.17, 15) is 9.59 Å². The number of anilines is 1. The molecular formula is C19H20BrN3O2S. The van der Waals surface area contributed by atoms with E-state index in [0.717, 1.165) is 28.1 Å². The van der Waals surface area contributed by atoms with E-state index < -0.39 is 0 Å². The third kappa shape index (κ3) is 3.69. The number of nitrogens with zero attached hydrogens (tertiary/aromatic N) is 2. The predicted octanol–water partition coefficient (Wildman–Crippen LogP) is 3.89. The lowest BCUT2D eigenvalue weighted by Gasteiger charge is -2.31. The molecule has 136 valence electrons. The van der Waals surface area contributed by atoms with E-state index in [1.54, 1.807) is 11.3 Å². The van der Waals surface area contributed by atoms with Gasteiger partial charge in [-0.1, -0.05) is 15.9 Å². The van der Waals surface area contributed by atoms with Crippen LogP contribution in [0.2, 0.25) is 0 Å². The lowest BCUT2D eigenvalue weighted by Crippen LogP contribution is -2.41. The zero-order valence-electron chi connectivity index (χ0n) is 14.3. The second-order valence-corrected chi connectivity index (χ2v) is 8.80. The number of carbonyl (C=O) groups excluding carboxylic acids is 2. The van der Waals surface area contributed by atoms with E-state index in [1.165, 1.54) is 11.3 Å². The molecule has 1 N–H and O–H groups in total. The Labute approximate surface area is 164 Å². The standard InChI is InChI=1S/C19H20BrN3O2S/c20-14-6-4-13(5-7-14)18(25)23-10-8-12(9-11-23)17(24)22-19-21-15-2-1-3-16(15)26-19/h4-7,12H,1-3,8-11H2,(H,21,22,24). The SMILES string of the molecule is O=C(Nc1nc2c(s1)CCC2)C1CCN(C(=O)c2ccc(Br)cc2)CC1. The van der Waals surface area contributed by atoms with E-state index in [4.69, 9.17) is 0 Å². The third-order valence-corrected chi connectivity index (χ3v) is 6.67. The Bertz CT molecular complexity index is 804. The van der Waals surface area contributed by atoms with E-state index in [0.29, 0.717) is 31.5 Å². The Balaban J connectivity index is 1.31. The Morgan fingerprint density at radius 1 is 1.15 bits per heavy atom. The maximum atomic E-state index is 12.6. The quantitative estimate of drug-likeness (QED) is 0.798. The number of hydrogen-bond donors (Lipinski definition) is 1. The summed E-state index contributed by atoms with van der Waals surface area (Å²) in [6, 6.07) is 7.40. The summed E-state index contributed by atoms with van der Waals surface area (Å²) in [5.74, 6) is 0.0172. The molecule has 1 fully saturated rings. The molecular weight excluding hydrogens is 414 g/mol. The first kappa shape index (κ1) is 17.7. The highest BCUT2D eigenvalue weighted by atomic mass is 79.9. The fourth-order valence-corrected chi connectivity index (χ4v) is 4.89. The predicted molar refractivity (Wildman–Crippen MR) is 106 cm³/mol. The van der Waals surface area contributed by atoms with Crippen LogP contribution in [0.1, 0.15) is 40.2 Å². The summed E-state index contributed by atoms with van der Waals surface area (Å²) in [5.41, 5.74) is 1.84. The summed E-state index contributed by atoms with van der Waals surface area (Å²) in [4.78, 5) is 32.8. The van der Waals surface area contributed by atoms with Crippen molar-refractivity contribution in [1.82, 2.24) is 9.88 Å². The van der Waals surface area contributed by atoms with Gasteiger partial charge >= 0.3 is 0 Å². The van der Waals surface area contributed by atoms with Gasteiger partial charge in [0.1, 0.15) is 0 Å². The van der Waals surface area contributed by atoms with Gasteiger partial charge in [0.05, 0.1) is 5.69 Å². The number of hydrogen-bond acceptors (Lipinski definition) is 4. The molecule has 7 heteroatoms. The topological polar surface area (TPSA) is 62.3 Å². The van der Waals surface area contributed by atoms with Gasteiger partial charge in [-0.05, 0) is 56.4 Å². The van der Waals surface area contributed by atoms with Crippen LogP contribution in [0.25, 0.3) is 0 Å². The molecule has 1 aliphatic carbocycles. The number of likely N-dealkylation sites (tertiary alicyclic amines) is 1. The lowest BCUT2D eigenvalue weighted by atomic mass is 9.95. The van der Waals surface area contributed by atoms with E-state index in [2.05, 4.69) is 26.2 Å². The maximum absolute atomic E-state index is 12.6. The summed E-state index contributed by atoms with van der Waals surface area (Å²) in [6.45, 7) is 1.22. The number of aromatic nitrogens is 1. The first-order valence-corrected chi connectivity index (χ1v) is 10.6. The van der Waals surface area contributed by atoms with Crippen LogP contribution in [0.15, 0.2) is 28.7 Å². The molecule has 1 aromatic heterocycles. The smallest absolute Gasteiger partial charge is 0.253 e. The summed E-state index contributed by atoms with van der Waals surface area (Å²) in [7, 11) is 0. The van der Waals surface area contributed by atoms with Crippen LogP contribution in [-0.4, -0.2) is 34.8 Å². The third-order valence-electron chi connectivity index (χ3n) is 5.07. The maximum Gasteiger partial charge on any atom is 0.253 e. The number of thiazole rings is 1. The van der Waals surface area contributed by atoms with E-state index in [1.807, 2.05) is 29.2 Å². The highest BCUT2D eigenvalue weighted by Gasteiger charge is 2.28. The fourth-order valence-electron chi connectivity index (χ4n) is 3.57. The Hall–Kier alpha value is -1.73. The number of piperidine rings is 1. The average molecular weight is 434 g/mol. The zero-order valence-corrected chi connectivity index (χ0v) is 16.7. The van der Waals surface area contributed by atoms with Crippen molar-refractivity contribution in [2.45, 2.75) is 32.1 Å². The molecule has 2 aromatic rings. The van der Waals surface area contributed by atoms with Gasteiger partial charge in [0.25, 0.3) is 5.91 Å². The van der Waals surface area contributed by atoms with Crippen LogP contribution in [0.4, 0.5) is 5.13 Å². The average Bonchev–Trinajstić information content (AvgIpc) is 3.23. The molecule has 5 nitrogen and oxygen atoms in total. The molecule has 0 unspecified atom stereocenters. The van der Waals surface area contributed by atoms with E-state index in [-0.39, 0.29) is 17.7 Å². The van der Waals surface area contributed by atoms with Gasteiger partial charge in [0, 0.05) is 33.9 Å². The number of benzene rings is 1. The molecule has 2 heterocycles. The second kappa shape index (κ2) is 7.48.